The lowest BCUT2D eigenvalue weighted by Crippen LogP contribution is -1.95. The lowest BCUT2D eigenvalue weighted by atomic mass is 10.0. The van der Waals surface area contributed by atoms with Crippen LogP contribution in [0.4, 0.5) is 4.39 Å². The third-order valence-corrected chi connectivity index (χ3v) is 5.79. The molecule has 0 aromatic heterocycles. The Morgan fingerprint density at radius 2 is 1.57 bits per heavy atom. The van der Waals surface area contributed by atoms with E-state index >= 15 is 0 Å². The summed E-state index contributed by atoms with van der Waals surface area (Å²) in [6.45, 7) is 2.11. The number of alkyl halides is 1. The number of aryl methyl sites for hydroxylation is 1. The maximum atomic E-state index is 13.2. The molecular formula is C20H24BrFS. The highest BCUT2D eigenvalue weighted by atomic mass is 79.9. The molecule has 0 saturated carbocycles. The van der Waals surface area contributed by atoms with Crippen molar-refractivity contribution in [1.82, 2.24) is 0 Å². The number of halogens is 2. The van der Waals surface area contributed by atoms with Crippen LogP contribution in [-0.4, -0.2) is 5.33 Å². The Hall–Kier alpha value is -0.800. The van der Waals surface area contributed by atoms with E-state index in [2.05, 4.69) is 47.1 Å². The Labute approximate surface area is 152 Å². The predicted molar refractivity (Wildman–Crippen MR) is 103 cm³/mol. The van der Waals surface area contributed by atoms with E-state index in [1.54, 1.807) is 12.1 Å². The second kappa shape index (κ2) is 10.1. The fourth-order valence-electron chi connectivity index (χ4n) is 2.53. The van der Waals surface area contributed by atoms with Crippen molar-refractivity contribution in [1.29, 1.82) is 0 Å². The average molecular weight is 395 g/mol. The highest BCUT2D eigenvalue weighted by molar-refractivity contribution is 9.09. The van der Waals surface area contributed by atoms with Gasteiger partial charge < -0.3 is 0 Å². The number of hydrogen-bond acceptors (Lipinski definition) is 1. The van der Waals surface area contributed by atoms with Gasteiger partial charge in [0.05, 0.1) is 0 Å². The van der Waals surface area contributed by atoms with Crippen molar-refractivity contribution in [2.45, 2.75) is 49.2 Å². The third-order valence-electron chi connectivity index (χ3n) is 3.89. The second-order valence-electron chi connectivity index (χ2n) is 5.86. The van der Waals surface area contributed by atoms with Crippen molar-refractivity contribution >= 4 is 27.7 Å². The van der Waals surface area contributed by atoms with Crippen molar-refractivity contribution in [3.05, 3.63) is 65.5 Å². The lowest BCUT2D eigenvalue weighted by Gasteiger charge is -2.17. The molecule has 0 amide bonds. The largest absolute Gasteiger partial charge is 0.207 e. The van der Waals surface area contributed by atoms with Gasteiger partial charge in [-0.05, 0) is 49.6 Å². The molecular weight excluding hydrogens is 371 g/mol. The van der Waals surface area contributed by atoms with Gasteiger partial charge in [0.25, 0.3) is 0 Å². The predicted octanol–water partition coefficient (Wildman–Crippen LogP) is 7.31. The second-order valence-corrected chi connectivity index (χ2v) is 7.93. The van der Waals surface area contributed by atoms with Gasteiger partial charge in [-0.25, -0.2) is 4.39 Å². The molecule has 0 aliphatic heterocycles. The normalized spacial score (nSPS) is 12.3. The van der Waals surface area contributed by atoms with E-state index in [1.165, 1.54) is 41.7 Å². The minimum absolute atomic E-state index is 0.162. The molecule has 0 aliphatic rings. The summed E-state index contributed by atoms with van der Waals surface area (Å²) in [4.78, 5) is 1.28. The summed E-state index contributed by atoms with van der Waals surface area (Å²) in [5, 5.41) is 1.48. The van der Waals surface area contributed by atoms with Crippen LogP contribution in [0.3, 0.4) is 0 Å². The topological polar surface area (TPSA) is 0 Å². The van der Waals surface area contributed by atoms with Gasteiger partial charge in [-0.15, -0.1) is 11.8 Å². The van der Waals surface area contributed by atoms with Crippen LogP contribution >= 0.6 is 27.7 Å². The van der Waals surface area contributed by atoms with Crippen molar-refractivity contribution in [2.75, 3.05) is 5.33 Å². The van der Waals surface area contributed by atoms with Crippen molar-refractivity contribution in [3.63, 3.8) is 0 Å². The quantitative estimate of drug-likeness (QED) is 0.244. The minimum Gasteiger partial charge on any atom is -0.207 e. The van der Waals surface area contributed by atoms with Gasteiger partial charge in [-0.3, -0.25) is 0 Å². The van der Waals surface area contributed by atoms with Gasteiger partial charge in [0.15, 0.2) is 0 Å². The third kappa shape index (κ3) is 6.68. The van der Waals surface area contributed by atoms with Crippen molar-refractivity contribution < 1.29 is 4.39 Å². The molecule has 23 heavy (non-hydrogen) atoms. The molecule has 124 valence electrons. The first-order valence-electron chi connectivity index (χ1n) is 8.24. The van der Waals surface area contributed by atoms with Crippen LogP contribution in [0.1, 0.15) is 48.5 Å². The molecule has 0 saturated heterocycles. The molecule has 0 aliphatic carbocycles. The first-order valence-corrected chi connectivity index (χ1v) is 10.2. The van der Waals surface area contributed by atoms with Gasteiger partial charge in [0.1, 0.15) is 5.82 Å². The first kappa shape index (κ1) is 18.5. The number of hydrogen-bond donors (Lipinski definition) is 0. The van der Waals surface area contributed by atoms with Crippen molar-refractivity contribution in [2.24, 2.45) is 0 Å². The minimum atomic E-state index is -0.162. The Morgan fingerprint density at radius 1 is 0.913 bits per heavy atom. The van der Waals surface area contributed by atoms with E-state index in [0.29, 0.717) is 5.25 Å². The van der Waals surface area contributed by atoms with Crippen LogP contribution in [-0.2, 0) is 0 Å². The summed E-state index contributed by atoms with van der Waals surface area (Å²) < 4.78 is 13.2. The van der Waals surface area contributed by atoms with Crippen LogP contribution in [0.5, 0.6) is 0 Å². The molecule has 0 heterocycles. The highest BCUT2D eigenvalue weighted by Crippen LogP contribution is 2.39. The highest BCUT2D eigenvalue weighted by Gasteiger charge is 2.13. The van der Waals surface area contributed by atoms with Gasteiger partial charge in [-0.2, -0.15) is 0 Å². The van der Waals surface area contributed by atoms with E-state index in [9.17, 15) is 4.39 Å². The summed E-state index contributed by atoms with van der Waals surface area (Å²) in [6.07, 6.45) is 6.13. The van der Waals surface area contributed by atoms with Crippen LogP contribution in [0.25, 0.3) is 0 Å². The van der Waals surface area contributed by atoms with E-state index in [0.717, 1.165) is 11.8 Å². The fourth-order valence-corrected chi connectivity index (χ4v) is 4.13. The van der Waals surface area contributed by atoms with E-state index in [1.807, 2.05) is 23.9 Å². The SMILES string of the molecule is Cc1ccc(SC(CCCCCCBr)c2ccc(F)cc2)cc1. The average Bonchev–Trinajstić information content (AvgIpc) is 2.56. The number of benzene rings is 2. The molecule has 3 heteroatoms. The molecule has 2 aromatic rings. The number of rotatable bonds is 9. The summed E-state index contributed by atoms with van der Waals surface area (Å²) in [5.41, 5.74) is 2.50. The first-order chi connectivity index (χ1) is 11.2. The Kier molecular flexibility index (Phi) is 8.18. The molecule has 2 rings (SSSR count). The zero-order valence-electron chi connectivity index (χ0n) is 13.6. The zero-order valence-corrected chi connectivity index (χ0v) is 16.0. The summed E-state index contributed by atoms with van der Waals surface area (Å²) in [6, 6.07) is 15.7. The molecule has 0 fully saturated rings. The smallest absolute Gasteiger partial charge is 0.123 e. The van der Waals surface area contributed by atoms with E-state index in [4.69, 9.17) is 0 Å². The Morgan fingerprint density at radius 3 is 2.22 bits per heavy atom. The summed E-state index contributed by atoms with van der Waals surface area (Å²) >= 11 is 5.37. The van der Waals surface area contributed by atoms with E-state index < -0.39 is 0 Å². The molecule has 1 atom stereocenters. The standard InChI is InChI=1S/C20H24BrFS/c1-16-7-13-19(14-8-16)23-20(6-4-2-3-5-15-21)17-9-11-18(22)12-10-17/h7-14,20H,2-6,15H2,1H3. The maximum absolute atomic E-state index is 13.2. The van der Waals surface area contributed by atoms with Gasteiger partial charge in [0, 0.05) is 15.5 Å². The maximum Gasteiger partial charge on any atom is 0.123 e. The molecule has 1 unspecified atom stereocenters. The molecule has 0 spiro atoms. The van der Waals surface area contributed by atoms with Gasteiger partial charge in [0.2, 0.25) is 0 Å². The summed E-state index contributed by atoms with van der Waals surface area (Å²) in [7, 11) is 0. The van der Waals surface area contributed by atoms with Crippen LogP contribution in [0.2, 0.25) is 0 Å². The van der Waals surface area contributed by atoms with E-state index in [-0.39, 0.29) is 5.82 Å². The lowest BCUT2D eigenvalue weighted by molar-refractivity contribution is 0.620. The molecule has 0 radical (unpaired) electrons. The summed E-state index contributed by atoms with van der Waals surface area (Å²) in [5.74, 6) is -0.162. The van der Waals surface area contributed by atoms with Crippen LogP contribution in [0.15, 0.2) is 53.4 Å². The number of unbranched alkanes of at least 4 members (excludes halogenated alkanes) is 3. The van der Waals surface area contributed by atoms with Crippen molar-refractivity contribution in [3.8, 4) is 0 Å². The Bertz CT molecular complexity index is 565. The Balaban J connectivity index is 2.01. The monoisotopic (exact) mass is 394 g/mol. The number of thioether (sulfide) groups is 1. The van der Waals surface area contributed by atoms with Gasteiger partial charge in [-0.1, -0.05) is 65.0 Å². The molecule has 0 nitrogen and oxygen atoms in total. The molecule has 0 bridgehead atoms. The fraction of sp³-hybridized carbons (Fsp3) is 0.400. The van der Waals surface area contributed by atoms with Gasteiger partial charge >= 0.3 is 0 Å². The molecule has 0 N–H and O–H groups in total. The molecule has 2 aromatic carbocycles. The van der Waals surface area contributed by atoms with Crippen LogP contribution < -0.4 is 0 Å². The van der Waals surface area contributed by atoms with Crippen LogP contribution in [0, 0.1) is 12.7 Å². The zero-order chi connectivity index (χ0) is 16.5.